The smallest absolute Gasteiger partial charge is 0.283 e. The number of hydrogen-bond acceptors (Lipinski definition) is 7. The molecule has 0 saturated carbocycles. The lowest BCUT2D eigenvalue weighted by molar-refractivity contribution is -0.384. The van der Waals surface area contributed by atoms with E-state index < -0.39 is 10.8 Å². The SMILES string of the molecule is N=C1C(=Cc2ccc(-c3cccc([N+](=O)[O-])c3)o2)C(=O)N=C2SC(c3ccccc3Cl)=NN12. The highest BCUT2D eigenvalue weighted by molar-refractivity contribution is 8.27. The first kappa shape index (κ1) is 20.9. The molecule has 5 rings (SSSR count). The number of hydrazone groups is 1. The molecular formula is C22H12ClN5O4S. The third-order valence-corrected chi connectivity index (χ3v) is 6.08. The number of amidine groups is 2. The second-order valence-electron chi connectivity index (χ2n) is 6.91. The first-order chi connectivity index (χ1) is 15.9. The zero-order valence-electron chi connectivity index (χ0n) is 16.6. The van der Waals surface area contributed by atoms with Crippen LogP contribution in [0.2, 0.25) is 5.02 Å². The number of halogens is 1. The van der Waals surface area contributed by atoms with Crippen molar-refractivity contribution in [1.82, 2.24) is 5.01 Å². The monoisotopic (exact) mass is 477 g/mol. The van der Waals surface area contributed by atoms with Crippen LogP contribution < -0.4 is 0 Å². The fourth-order valence-corrected chi connectivity index (χ4v) is 4.45. The molecule has 1 amide bonds. The number of hydrogen-bond donors (Lipinski definition) is 1. The summed E-state index contributed by atoms with van der Waals surface area (Å²) in [6, 6.07) is 16.4. The van der Waals surface area contributed by atoms with Gasteiger partial charge in [0.25, 0.3) is 11.6 Å². The van der Waals surface area contributed by atoms with Gasteiger partial charge in [-0.1, -0.05) is 41.9 Å². The molecule has 2 aromatic carbocycles. The maximum Gasteiger partial charge on any atom is 0.283 e. The molecule has 0 bridgehead atoms. The number of aliphatic imine (C=N–C) groups is 1. The molecule has 0 unspecified atom stereocenters. The molecule has 162 valence electrons. The Morgan fingerprint density at radius 3 is 2.76 bits per heavy atom. The van der Waals surface area contributed by atoms with Gasteiger partial charge in [0.2, 0.25) is 5.17 Å². The molecule has 3 heterocycles. The van der Waals surface area contributed by atoms with Crippen molar-refractivity contribution in [3.63, 3.8) is 0 Å². The van der Waals surface area contributed by atoms with Gasteiger partial charge in [-0.15, -0.1) is 0 Å². The van der Waals surface area contributed by atoms with Crippen LogP contribution in [-0.2, 0) is 4.79 Å². The lowest BCUT2D eigenvalue weighted by Gasteiger charge is -2.19. The molecule has 1 N–H and O–H groups in total. The Morgan fingerprint density at radius 2 is 1.97 bits per heavy atom. The van der Waals surface area contributed by atoms with Crippen LogP contribution in [0.25, 0.3) is 17.4 Å². The number of nitrogens with zero attached hydrogens (tertiary/aromatic N) is 4. The second kappa shape index (κ2) is 8.15. The van der Waals surface area contributed by atoms with E-state index in [4.69, 9.17) is 21.4 Å². The van der Waals surface area contributed by atoms with Gasteiger partial charge >= 0.3 is 0 Å². The molecule has 3 aromatic rings. The van der Waals surface area contributed by atoms with E-state index in [1.807, 2.05) is 6.07 Å². The van der Waals surface area contributed by atoms with Gasteiger partial charge in [0.05, 0.1) is 15.5 Å². The van der Waals surface area contributed by atoms with Gasteiger partial charge in [0.1, 0.15) is 16.6 Å². The first-order valence-electron chi connectivity index (χ1n) is 9.50. The van der Waals surface area contributed by atoms with Crippen LogP contribution in [0.4, 0.5) is 5.69 Å². The fourth-order valence-electron chi connectivity index (χ4n) is 3.24. The Hall–Kier alpha value is -4.02. The molecule has 11 heteroatoms. The number of non-ortho nitro benzene ring substituents is 1. The van der Waals surface area contributed by atoms with Gasteiger partial charge in [0.15, 0.2) is 5.84 Å². The van der Waals surface area contributed by atoms with Crippen LogP contribution in [0.1, 0.15) is 11.3 Å². The summed E-state index contributed by atoms with van der Waals surface area (Å²) < 4.78 is 5.75. The Kier molecular flexibility index (Phi) is 5.15. The number of amides is 1. The Bertz CT molecular complexity index is 1440. The van der Waals surface area contributed by atoms with Crippen LogP contribution in [0.3, 0.4) is 0 Å². The summed E-state index contributed by atoms with van der Waals surface area (Å²) in [7, 11) is 0. The number of carbonyl (C=O) groups is 1. The number of nitro groups is 1. The van der Waals surface area contributed by atoms with E-state index in [-0.39, 0.29) is 22.3 Å². The summed E-state index contributed by atoms with van der Waals surface area (Å²) in [6.45, 7) is 0. The summed E-state index contributed by atoms with van der Waals surface area (Å²) in [5.41, 5.74) is 1.14. The van der Waals surface area contributed by atoms with Crippen molar-refractivity contribution in [1.29, 1.82) is 5.41 Å². The normalized spacial score (nSPS) is 16.6. The van der Waals surface area contributed by atoms with E-state index in [1.165, 1.54) is 23.2 Å². The lowest BCUT2D eigenvalue weighted by atomic mass is 10.1. The Labute approximate surface area is 195 Å². The molecule has 0 aliphatic carbocycles. The van der Waals surface area contributed by atoms with E-state index in [9.17, 15) is 14.9 Å². The van der Waals surface area contributed by atoms with Gasteiger partial charge < -0.3 is 4.42 Å². The van der Waals surface area contributed by atoms with Crippen molar-refractivity contribution in [2.45, 2.75) is 0 Å². The van der Waals surface area contributed by atoms with Crippen LogP contribution in [0.5, 0.6) is 0 Å². The number of thioether (sulfide) groups is 1. The molecule has 2 aliphatic rings. The average molecular weight is 478 g/mol. The molecular weight excluding hydrogens is 466 g/mol. The molecule has 1 aromatic heterocycles. The molecule has 33 heavy (non-hydrogen) atoms. The maximum absolute atomic E-state index is 12.6. The van der Waals surface area contributed by atoms with E-state index in [0.717, 1.165) is 11.8 Å². The van der Waals surface area contributed by atoms with Gasteiger partial charge in [-0.3, -0.25) is 20.3 Å². The number of benzene rings is 2. The Morgan fingerprint density at radius 1 is 1.15 bits per heavy atom. The van der Waals surface area contributed by atoms with Crippen LogP contribution in [-0.4, -0.2) is 31.9 Å². The highest BCUT2D eigenvalue weighted by Gasteiger charge is 2.36. The van der Waals surface area contributed by atoms with Crippen LogP contribution in [0.15, 0.2) is 80.7 Å². The number of rotatable bonds is 4. The summed E-state index contributed by atoms with van der Waals surface area (Å²) in [5.74, 6) is -0.0544. The second-order valence-corrected chi connectivity index (χ2v) is 8.28. The number of furan rings is 1. The van der Waals surface area contributed by atoms with Crippen molar-refractivity contribution >= 4 is 57.1 Å². The zero-order valence-corrected chi connectivity index (χ0v) is 18.1. The average Bonchev–Trinajstić information content (AvgIpc) is 3.44. The van der Waals surface area contributed by atoms with Crippen LogP contribution in [0, 0.1) is 15.5 Å². The topological polar surface area (TPSA) is 125 Å². The molecule has 9 nitrogen and oxygen atoms in total. The zero-order chi connectivity index (χ0) is 23.1. The van der Waals surface area contributed by atoms with Crippen molar-refractivity contribution in [2.24, 2.45) is 10.1 Å². The highest BCUT2D eigenvalue weighted by Crippen LogP contribution is 2.33. The van der Waals surface area contributed by atoms with Gasteiger partial charge in [-0.05, 0) is 36.0 Å². The van der Waals surface area contributed by atoms with E-state index in [1.54, 1.807) is 42.5 Å². The van der Waals surface area contributed by atoms with Crippen molar-refractivity contribution in [3.05, 3.63) is 92.7 Å². The fraction of sp³-hybridized carbons (Fsp3) is 0. The molecule has 0 atom stereocenters. The minimum absolute atomic E-state index is 0.00320. The minimum Gasteiger partial charge on any atom is -0.457 e. The van der Waals surface area contributed by atoms with Gasteiger partial charge in [-0.2, -0.15) is 15.1 Å². The number of carbonyl (C=O) groups excluding carboxylic acids is 1. The standard InChI is InChI=1S/C22H12ClN5O4S/c23-17-7-2-1-6-15(17)21-26-27-19(24)16(20(29)25-22(27)33-21)11-14-8-9-18(32-14)12-4-3-5-13(10-12)28(30)31/h1-11,24H. The maximum atomic E-state index is 12.6. The van der Waals surface area contributed by atoms with Crippen molar-refractivity contribution < 1.29 is 14.1 Å². The molecule has 0 radical (unpaired) electrons. The highest BCUT2D eigenvalue weighted by atomic mass is 35.5. The minimum atomic E-state index is -0.595. The predicted octanol–water partition coefficient (Wildman–Crippen LogP) is 5.18. The van der Waals surface area contributed by atoms with Gasteiger partial charge in [0, 0.05) is 23.3 Å². The lowest BCUT2D eigenvalue weighted by Crippen LogP contribution is -2.35. The van der Waals surface area contributed by atoms with Crippen LogP contribution >= 0.6 is 23.4 Å². The molecule has 0 spiro atoms. The summed E-state index contributed by atoms with van der Waals surface area (Å²) in [6.07, 6.45) is 1.40. The van der Waals surface area contributed by atoms with E-state index >= 15 is 0 Å². The number of nitrogens with one attached hydrogen (secondary N) is 1. The third kappa shape index (κ3) is 3.86. The molecule has 2 aliphatic heterocycles. The first-order valence-corrected chi connectivity index (χ1v) is 10.7. The summed E-state index contributed by atoms with van der Waals surface area (Å²) in [4.78, 5) is 27.2. The number of nitro benzene ring substituents is 1. The van der Waals surface area contributed by atoms with E-state index in [0.29, 0.717) is 32.7 Å². The van der Waals surface area contributed by atoms with Crippen molar-refractivity contribution in [3.8, 4) is 11.3 Å². The largest absolute Gasteiger partial charge is 0.457 e. The quantitative estimate of drug-likeness (QED) is 0.313. The summed E-state index contributed by atoms with van der Waals surface area (Å²) >= 11 is 7.41. The third-order valence-electron chi connectivity index (χ3n) is 4.81. The molecule has 0 fully saturated rings. The Balaban J connectivity index is 1.45. The van der Waals surface area contributed by atoms with Gasteiger partial charge in [-0.25, -0.2) is 0 Å². The van der Waals surface area contributed by atoms with E-state index in [2.05, 4.69) is 10.1 Å². The summed E-state index contributed by atoms with van der Waals surface area (Å²) in [5, 5.41) is 26.5. The van der Waals surface area contributed by atoms with Crippen molar-refractivity contribution in [2.75, 3.05) is 0 Å². The predicted molar refractivity (Wildman–Crippen MR) is 126 cm³/mol. The number of fused-ring (bicyclic) bond motifs is 1. The molecule has 0 saturated heterocycles.